The molecule has 0 fully saturated rings. The number of nitrogens with zero attached hydrogens (tertiary/aromatic N) is 4. The van der Waals surface area contributed by atoms with Crippen LogP contribution in [0.5, 0.6) is 0 Å². The van der Waals surface area contributed by atoms with E-state index in [2.05, 4.69) is 83.8 Å². The average molecular weight is 1900 g/mol. The SMILES string of the molecule is CN(C)c1ccc(C#Cc2cc(CCCCCOP(=O)(O)OCCOP(=O)(O)OCCOP(=O)(O)OCCCCCCSCSCCCCCCOP(=O)(O)OCCOP(=O)(O)OCCOP(=O)(O)OCCCCCc3cc(C#Cc4ccc(N(C)C)cc4)c4ccccc4c3C#Cc3ccc(N(C)C)cc3)c(C#Cc3ccc(N(C)C)cc3)c3ccccc23)cc1. The number of hydrogen-bond donors (Lipinski definition) is 6. The van der Waals surface area contributed by atoms with Crippen LogP contribution in [0.3, 0.4) is 0 Å². The predicted octanol–water partition coefficient (Wildman–Crippen LogP) is 19.3. The number of thioether (sulfide) groups is 2. The highest BCUT2D eigenvalue weighted by molar-refractivity contribution is 8.15. The van der Waals surface area contributed by atoms with Crippen molar-refractivity contribution in [2.24, 2.45) is 0 Å². The Morgan fingerprint density at radius 1 is 0.260 bits per heavy atom. The number of unbranched alkanes of at least 4 members (excludes halogenated alkanes) is 10. The molecule has 0 saturated heterocycles. The molecule has 28 nitrogen and oxygen atoms in total. The molecule has 127 heavy (non-hydrogen) atoms. The van der Waals surface area contributed by atoms with Gasteiger partial charge < -0.3 is 49.0 Å². The van der Waals surface area contributed by atoms with Crippen molar-refractivity contribution in [2.75, 3.05) is 172 Å². The number of fused-ring (bicyclic) bond motifs is 2. The molecule has 0 aliphatic rings. The standard InChI is InChI=1S/C91H118N4O24P6S2/c1-92(2)82-47-35-74(36-48-82)33-45-80-71-78(88(90-31-19-17-29-86(80)90)55-43-76-39-51-84(52-40-76)94(5)6)27-15-13-23-59-110-122(100,101)114-63-67-118-124(104,105)116-65-61-112-120(96,97)108-57-21-9-11-25-69-126-73-127-70-26-12-10-22-58-109-121(98,99)113-62-66-117-125(106,107)119-68-64-115-123(102,103)111-60-24-14-16-28-79-72-81(46-34-75-37-49-83(50-38-75)93(3)4)87-30-18-20-32-91(87)89(79)56-44-77-41-53-85(54-42-77)95(7)8/h17-20,29-32,35-42,47-54,71-72H,9-16,21-28,57-70,73H2,1-8H3,(H,96,97)(H,98,99)(H,100,101)(H,102,103)(H,104,105)(H,106,107). The highest BCUT2D eigenvalue weighted by Gasteiger charge is 2.29. The Kier molecular flexibility index (Phi) is 45.5. The molecule has 0 heterocycles. The first kappa shape index (κ1) is 105. The van der Waals surface area contributed by atoms with E-state index in [1.807, 2.05) is 197 Å². The zero-order valence-corrected chi connectivity index (χ0v) is 80.3. The van der Waals surface area contributed by atoms with E-state index >= 15 is 0 Å². The summed E-state index contributed by atoms with van der Waals surface area (Å²) in [6.07, 6.45) is 10.9. The van der Waals surface area contributed by atoms with Gasteiger partial charge in [-0.25, -0.2) is 27.4 Å². The highest BCUT2D eigenvalue weighted by atomic mass is 32.2. The van der Waals surface area contributed by atoms with Crippen molar-refractivity contribution >= 4 is 115 Å². The maximum atomic E-state index is 12.7. The second-order valence-electron chi connectivity index (χ2n) is 30.0. The Hall–Kier alpha value is -6.92. The van der Waals surface area contributed by atoms with E-state index in [4.69, 9.17) is 54.3 Å². The van der Waals surface area contributed by atoms with Gasteiger partial charge in [0.25, 0.3) is 0 Å². The summed E-state index contributed by atoms with van der Waals surface area (Å²) in [6.45, 7) is -5.14. The van der Waals surface area contributed by atoms with Crippen molar-refractivity contribution in [1.29, 1.82) is 0 Å². The van der Waals surface area contributed by atoms with Crippen LogP contribution >= 0.6 is 70.5 Å². The molecule has 688 valence electrons. The molecule has 0 saturated carbocycles. The predicted molar refractivity (Wildman–Crippen MR) is 507 cm³/mol. The lowest BCUT2D eigenvalue weighted by Crippen LogP contribution is -2.08. The Morgan fingerprint density at radius 3 is 0.732 bits per heavy atom. The zero-order chi connectivity index (χ0) is 91.6. The second kappa shape index (κ2) is 54.8. The van der Waals surface area contributed by atoms with Gasteiger partial charge >= 0.3 is 46.9 Å². The lowest BCUT2D eigenvalue weighted by atomic mass is 9.92. The summed E-state index contributed by atoms with van der Waals surface area (Å²) in [5.74, 6) is 29.0. The van der Waals surface area contributed by atoms with Gasteiger partial charge in [0.1, 0.15) is 0 Å². The molecule has 0 aliphatic carbocycles. The van der Waals surface area contributed by atoms with Crippen LogP contribution in [0.4, 0.5) is 22.7 Å². The van der Waals surface area contributed by atoms with Crippen LogP contribution in [0.15, 0.2) is 158 Å². The largest absolute Gasteiger partial charge is 0.472 e. The molecule has 8 rings (SSSR count). The summed E-state index contributed by atoms with van der Waals surface area (Å²) < 4.78 is 134. The number of hydrogen-bond acceptors (Lipinski definition) is 24. The van der Waals surface area contributed by atoms with Crippen molar-refractivity contribution in [1.82, 2.24) is 0 Å². The van der Waals surface area contributed by atoms with E-state index in [9.17, 15) is 56.8 Å². The fraction of sp³-hybridized carbons (Fsp3) is 0.429. The third-order valence-corrected chi connectivity index (χ3v) is 27.8. The van der Waals surface area contributed by atoms with E-state index in [0.717, 1.165) is 155 Å². The smallest absolute Gasteiger partial charge is 0.378 e. The Bertz CT molecular complexity index is 5030. The third-order valence-electron chi connectivity index (χ3n) is 19.2. The number of phosphoric ester groups is 6. The van der Waals surface area contributed by atoms with Crippen LogP contribution in [0, 0.1) is 47.4 Å². The monoisotopic (exact) mass is 1900 g/mol. The fourth-order valence-electron chi connectivity index (χ4n) is 12.5. The first-order valence-electron chi connectivity index (χ1n) is 41.9. The summed E-state index contributed by atoms with van der Waals surface area (Å²) in [5.41, 5.74) is 13.4. The first-order chi connectivity index (χ1) is 60.7. The molecule has 8 aromatic rings. The fourth-order valence-corrected chi connectivity index (χ4v) is 19.1. The molecular weight excluding hydrogens is 1780 g/mol. The van der Waals surface area contributed by atoms with Crippen molar-refractivity contribution in [3.05, 3.63) is 213 Å². The van der Waals surface area contributed by atoms with Crippen molar-refractivity contribution < 1.29 is 111 Å². The Morgan fingerprint density at radius 2 is 0.480 bits per heavy atom. The van der Waals surface area contributed by atoms with Gasteiger partial charge in [0.15, 0.2) is 0 Å². The van der Waals surface area contributed by atoms with Gasteiger partial charge in [0.05, 0.1) is 79.3 Å². The lowest BCUT2D eigenvalue weighted by molar-refractivity contribution is 0.0863. The topological polar surface area (TPSA) is 348 Å². The molecule has 0 amide bonds. The minimum Gasteiger partial charge on any atom is -0.378 e. The number of anilines is 4. The summed E-state index contributed by atoms with van der Waals surface area (Å²) in [7, 11) is -11.7. The van der Waals surface area contributed by atoms with Crippen LogP contribution in [0.2, 0.25) is 0 Å². The molecule has 6 unspecified atom stereocenters. The van der Waals surface area contributed by atoms with Crippen molar-refractivity contribution in [2.45, 2.75) is 103 Å². The number of rotatable bonds is 56. The van der Waals surface area contributed by atoms with Crippen LogP contribution in [-0.2, 0) is 94.5 Å². The van der Waals surface area contributed by atoms with Crippen LogP contribution in [0.25, 0.3) is 21.5 Å². The van der Waals surface area contributed by atoms with E-state index in [-0.39, 0.29) is 26.4 Å². The highest BCUT2D eigenvalue weighted by Crippen LogP contribution is 2.49. The first-order valence-corrected chi connectivity index (χ1v) is 53.2. The molecule has 0 aromatic heterocycles. The van der Waals surface area contributed by atoms with E-state index in [0.29, 0.717) is 64.2 Å². The molecule has 36 heteroatoms. The molecule has 8 aromatic carbocycles. The normalized spacial score (nSPS) is 14.2. The van der Waals surface area contributed by atoms with Crippen molar-refractivity contribution in [3.8, 4) is 47.4 Å². The van der Waals surface area contributed by atoms with Gasteiger partial charge in [0.2, 0.25) is 0 Å². The number of benzene rings is 8. The van der Waals surface area contributed by atoms with E-state index in [1.54, 1.807) is 23.5 Å². The molecule has 0 aliphatic heterocycles. The Balaban J connectivity index is 0.587. The summed E-state index contributed by atoms with van der Waals surface area (Å²) in [5, 5.41) is 4.84. The van der Waals surface area contributed by atoms with Gasteiger partial charge in [-0.3, -0.25) is 54.3 Å². The average Bonchev–Trinajstić information content (AvgIpc) is 0.784. The van der Waals surface area contributed by atoms with Gasteiger partial charge in [-0.2, -0.15) is 23.5 Å². The summed E-state index contributed by atoms with van der Waals surface area (Å²) in [6, 6.07) is 52.6. The lowest BCUT2D eigenvalue weighted by Gasteiger charge is -2.15. The summed E-state index contributed by atoms with van der Waals surface area (Å²) >= 11 is 3.60. The van der Waals surface area contributed by atoms with Crippen LogP contribution < -0.4 is 19.6 Å². The molecular formula is C91H118N4O24P6S2. The van der Waals surface area contributed by atoms with Gasteiger partial charge in [0, 0.05) is 129 Å². The van der Waals surface area contributed by atoms with Gasteiger partial charge in [-0.1, -0.05) is 134 Å². The maximum Gasteiger partial charge on any atom is 0.472 e. The van der Waals surface area contributed by atoms with E-state index < -0.39 is 99.8 Å². The molecule has 6 N–H and O–H groups in total. The third kappa shape index (κ3) is 40.4. The zero-order valence-electron chi connectivity index (χ0n) is 73.3. The van der Waals surface area contributed by atoms with Crippen molar-refractivity contribution in [3.63, 3.8) is 0 Å². The Labute approximate surface area is 756 Å². The summed E-state index contributed by atoms with van der Waals surface area (Å²) in [4.78, 5) is 69.1. The molecule has 0 radical (unpaired) electrons. The number of phosphoric acid groups is 6. The van der Waals surface area contributed by atoms with Crippen LogP contribution in [-0.4, -0.2) is 182 Å². The van der Waals surface area contributed by atoms with E-state index in [1.165, 1.54) is 0 Å². The van der Waals surface area contributed by atoms with Gasteiger partial charge in [-0.05, 0) is 218 Å². The minimum absolute atomic E-state index is 0.0528. The molecule has 0 spiro atoms. The number of aryl methyl sites for hydroxylation is 2. The van der Waals surface area contributed by atoms with Gasteiger partial charge in [-0.15, -0.1) is 0 Å². The second-order valence-corrected chi connectivity index (χ2v) is 41.3. The quantitative estimate of drug-likeness (QED) is 0.00892. The minimum atomic E-state index is -4.73. The van der Waals surface area contributed by atoms with Crippen LogP contribution in [0.1, 0.15) is 146 Å². The molecule has 0 bridgehead atoms. The molecule has 6 atom stereocenters. The maximum absolute atomic E-state index is 12.7.